The molecule has 0 fully saturated rings. The van der Waals surface area contributed by atoms with Crippen LogP contribution in [0.25, 0.3) is 0 Å². The largest absolute Gasteiger partial charge is 0.497 e. The van der Waals surface area contributed by atoms with Gasteiger partial charge in [0.2, 0.25) is 5.91 Å². The highest BCUT2D eigenvalue weighted by Gasteiger charge is 2.04. The summed E-state index contributed by atoms with van der Waals surface area (Å²) in [4.78, 5) is 11.7. The minimum Gasteiger partial charge on any atom is -0.497 e. The molecular weight excluding hydrogens is 258 g/mol. The van der Waals surface area contributed by atoms with E-state index < -0.39 is 0 Å². The van der Waals surface area contributed by atoms with Crippen LogP contribution in [0.1, 0.15) is 5.56 Å². The molecule has 0 spiro atoms. The van der Waals surface area contributed by atoms with Crippen LogP contribution in [0.15, 0.2) is 30.5 Å². The molecule has 0 aliphatic rings. The molecule has 2 rings (SSSR count). The van der Waals surface area contributed by atoms with Gasteiger partial charge in [0.25, 0.3) is 0 Å². The Morgan fingerprint density at radius 2 is 2.15 bits per heavy atom. The van der Waals surface area contributed by atoms with Gasteiger partial charge in [-0.25, -0.2) is 4.68 Å². The number of hydrogen-bond donors (Lipinski definition) is 2. The number of carbonyl (C=O) groups is 1. The number of hydrogen-bond acceptors (Lipinski definition) is 5. The number of methoxy groups -OCH3 is 1. The average molecular weight is 275 g/mol. The normalized spacial score (nSPS) is 10.2. The highest BCUT2D eigenvalue weighted by molar-refractivity contribution is 5.75. The standard InChI is InChI=1S/C13H17N5O2/c1-20-11-4-2-10(3-5-11)6-7-15-13(19)9-18-8-12(14)16-17-18/h2-5,8H,6-7,9,14H2,1H3,(H,15,19). The molecule has 2 aromatic rings. The molecule has 1 aromatic heterocycles. The summed E-state index contributed by atoms with van der Waals surface area (Å²) < 4.78 is 6.49. The molecule has 7 nitrogen and oxygen atoms in total. The Kier molecular flexibility index (Phi) is 4.54. The van der Waals surface area contributed by atoms with Gasteiger partial charge in [-0.3, -0.25) is 4.79 Å². The monoisotopic (exact) mass is 275 g/mol. The number of benzene rings is 1. The van der Waals surface area contributed by atoms with Crippen molar-refractivity contribution >= 4 is 11.7 Å². The molecule has 1 amide bonds. The van der Waals surface area contributed by atoms with Crippen molar-refractivity contribution < 1.29 is 9.53 Å². The molecule has 1 aromatic carbocycles. The Balaban J connectivity index is 1.73. The quantitative estimate of drug-likeness (QED) is 0.786. The first-order chi connectivity index (χ1) is 9.67. The van der Waals surface area contributed by atoms with E-state index in [9.17, 15) is 4.79 Å². The van der Waals surface area contributed by atoms with Crippen LogP contribution < -0.4 is 15.8 Å². The van der Waals surface area contributed by atoms with Crippen molar-refractivity contribution in [2.24, 2.45) is 0 Å². The SMILES string of the molecule is COc1ccc(CCNC(=O)Cn2cc(N)nn2)cc1. The average Bonchev–Trinajstić information content (AvgIpc) is 2.85. The van der Waals surface area contributed by atoms with E-state index in [1.165, 1.54) is 10.9 Å². The second-order valence-electron chi connectivity index (χ2n) is 4.29. The van der Waals surface area contributed by atoms with Gasteiger partial charge in [0, 0.05) is 6.54 Å². The lowest BCUT2D eigenvalue weighted by molar-refractivity contribution is -0.121. The molecule has 0 saturated heterocycles. The first-order valence-corrected chi connectivity index (χ1v) is 6.22. The zero-order valence-corrected chi connectivity index (χ0v) is 11.2. The third kappa shape index (κ3) is 3.98. The molecule has 0 aliphatic carbocycles. The second kappa shape index (κ2) is 6.55. The number of amides is 1. The molecule has 20 heavy (non-hydrogen) atoms. The van der Waals surface area contributed by atoms with Gasteiger partial charge >= 0.3 is 0 Å². The van der Waals surface area contributed by atoms with E-state index in [-0.39, 0.29) is 12.5 Å². The van der Waals surface area contributed by atoms with Crippen LogP contribution in [-0.2, 0) is 17.8 Å². The van der Waals surface area contributed by atoms with Gasteiger partial charge < -0.3 is 15.8 Å². The number of aromatic nitrogens is 3. The number of rotatable bonds is 6. The van der Waals surface area contributed by atoms with Crippen LogP contribution in [0.3, 0.4) is 0 Å². The minimum absolute atomic E-state index is 0.118. The Labute approximate surface area is 116 Å². The van der Waals surface area contributed by atoms with Gasteiger partial charge in [0.1, 0.15) is 12.3 Å². The molecule has 106 valence electrons. The first kappa shape index (κ1) is 13.9. The van der Waals surface area contributed by atoms with Gasteiger partial charge in [-0.15, -0.1) is 5.10 Å². The fourth-order valence-corrected chi connectivity index (χ4v) is 1.73. The van der Waals surface area contributed by atoms with E-state index in [1.807, 2.05) is 24.3 Å². The van der Waals surface area contributed by atoms with Gasteiger partial charge in [0.15, 0.2) is 5.82 Å². The number of carbonyl (C=O) groups excluding carboxylic acids is 1. The topological polar surface area (TPSA) is 95.1 Å². The van der Waals surface area contributed by atoms with Gasteiger partial charge in [-0.1, -0.05) is 17.3 Å². The molecule has 0 bridgehead atoms. The molecular formula is C13H17N5O2. The fraction of sp³-hybridized carbons (Fsp3) is 0.308. The van der Waals surface area contributed by atoms with Crippen molar-refractivity contribution in [1.82, 2.24) is 20.3 Å². The Morgan fingerprint density at radius 1 is 1.40 bits per heavy atom. The number of nitrogen functional groups attached to an aromatic ring is 1. The number of nitrogens with two attached hydrogens (primary N) is 1. The summed E-state index contributed by atoms with van der Waals surface area (Å²) >= 11 is 0. The second-order valence-corrected chi connectivity index (χ2v) is 4.29. The molecule has 0 unspecified atom stereocenters. The third-order valence-electron chi connectivity index (χ3n) is 2.76. The van der Waals surface area contributed by atoms with Crippen LogP contribution in [0.4, 0.5) is 5.82 Å². The van der Waals surface area contributed by atoms with Crippen molar-refractivity contribution in [3.8, 4) is 5.75 Å². The molecule has 0 aliphatic heterocycles. The van der Waals surface area contributed by atoms with E-state index in [0.717, 1.165) is 17.7 Å². The third-order valence-corrected chi connectivity index (χ3v) is 2.76. The Bertz CT molecular complexity index is 564. The van der Waals surface area contributed by atoms with Crippen LogP contribution in [0, 0.1) is 0 Å². The summed E-state index contributed by atoms with van der Waals surface area (Å²) in [5, 5.41) is 10.1. The van der Waals surface area contributed by atoms with Crippen molar-refractivity contribution in [1.29, 1.82) is 0 Å². The lowest BCUT2D eigenvalue weighted by atomic mass is 10.1. The number of anilines is 1. The maximum atomic E-state index is 11.7. The van der Waals surface area contributed by atoms with E-state index in [2.05, 4.69) is 15.6 Å². The molecule has 3 N–H and O–H groups in total. The minimum atomic E-state index is -0.122. The highest BCUT2D eigenvalue weighted by atomic mass is 16.5. The predicted molar refractivity (Wildman–Crippen MR) is 74.1 cm³/mol. The molecule has 0 radical (unpaired) electrons. The number of ether oxygens (including phenoxy) is 1. The van der Waals surface area contributed by atoms with Crippen LogP contribution in [-0.4, -0.2) is 34.6 Å². The van der Waals surface area contributed by atoms with E-state index in [1.54, 1.807) is 7.11 Å². The molecule has 0 atom stereocenters. The maximum Gasteiger partial charge on any atom is 0.241 e. The summed E-state index contributed by atoms with van der Waals surface area (Å²) in [7, 11) is 1.63. The molecule has 7 heteroatoms. The zero-order valence-electron chi connectivity index (χ0n) is 11.2. The Morgan fingerprint density at radius 3 is 2.75 bits per heavy atom. The number of nitrogens with one attached hydrogen (secondary N) is 1. The molecule has 0 saturated carbocycles. The van der Waals surface area contributed by atoms with Crippen LogP contribution in [0.5, 0.6) is 5.75 Å². The van der Waals surface area contributed by atoms with Crippen molar-refractivity contribution in [3.63, 3.8) is 0 Å². The summed E-state index contributed by atoms with van der Waals surface area (Å²) in [6, 6.07) is 7.75. The Hall–Kier alpha value is -2.57. The van der Waals surface area contributed by atoms with Crippen molar-refractivity contribution in [2.45, 2.75) is 13.0 Å². The van der Waals surface area contributed by atoms with Crippen molar-refractivity contribution in [3.05, 3.63) is 36.0 Å². The van der Waals surface area contributed by atoms with E-state index in [4.69, 9.17) is 10.5 Å². The van der Waals surface area contributed by atoms with E-state index >= 15 is 0 Å². The van der Waals surface area contributed by atoms with Gasteiger partial charge in [0.05, 0.1) is 13.3 Å². The maximum absolute atomic E-state index is 11.7. The number of nitrogens with zero attached hydrogens (tertiary/aromatic N) is 3. The zero-order chi connectivity index (χ0) is 14.4. The molecule has 1 heterocycles. The van der Waals surface area contributed by atoms with Gasteiger partial charge in [-0.05, 0) is 24.1 Å². The fourth-order valence-electron chi connectivity index (χ4n) is 1.73. The van der Waals surface area contributed by atoms with Crippen molar-refractivity contribution in [2.75, 3.05) is 19.4 Å². The highest BCUT2D eigenvalue weighted by Crippen LogP contribution is 2.11. The smallest absolute Gasteiger partial charge is 0.241 e. The van der Waals surface area contributed by atoms with E-state index in [0.29, 0.717) is 12.4 Å². The summed E-state index contributed by atoms with van der Waals surface area (Å²) in [5.41, 5.74) is 6.55. The van der Waals surface area contributed by atoms with Crippen LogP contribution >= 0.6 is 0 Å². The predicted octanol–water partition coefficient (Wildman–Crippen LogP) is 0.228. The van der Waals surface area contributed by atoms with Gasteiger partial charge in [-0.2, -0.15) is 0 Å². The summed E-state index contributed by atoms with van der Waals surface area (Å²) in [5.74, 6) is 1.00. The lowest BCUT2D eigenvalue weighted by Crippen LogP contribution is -2.29. The summed E-state index contributed by atoms with van der Waals surface area (Å²) in [6.07, 6.45) is 2.28. The first-order valence-electron chi connectivity index (χ1n) is 6.22. The lowest BCUT2D eigenvalue weighted by Gasteiger charge is -2.06. The summed E-state index contributed by atoms with van der Waals surface area (Å²) in [6.45, 7) is 0.683. The van der Waals surface area contributed by atoms with Crippen LogP contribution in [0.2, 0.25) is 0 Å².